The molecule has 0 radical (unpaired) electrons. The summed E-state index contributed by atoms with van der Waals surface area (Å²) in [6.45, 7) is 3.72. The van der Waals surface area contributed by atoms with E-state index in [-0.39, 0.29) is 5.56 Å². The summed E-state index contributed by atoms with van der Waals surface area (Å²) in [5.74, 6) is -0.488. The molecule has 1 atom stereocenters. The number of methoxy groups -OCH3 is 1. The summed E-state index contributed by atoms with van der Waals surface area (Å²) in [4.78, 5) is 31.0. The second kappa shape index (κ2) is 7.29. The van der Waals surface area contributed by atoms with Gasteiger partial charge in [0.25, 0.3) is 5.56 Å². The zero-order valence-electron chi connectivity index (χ0n) is 16.5. The fourth-order valence-electron chi connectivity index (χ4n) is 3.44. The van der Waals surface area contributed by atoms with Crippen LogP contribution in [-0.4, -0.2) is 27.4 Å². The highest BCUT2D eigenvalue weighted by Gasteiger charge is 2.32. The summed E-state index contributed by atoms with van der Waals surface area (Å²) in [6.07, 6.45) is 3.55. The molecular formula is C21H20N4O3S. The van der Waals surface area contributed by atoms with Crippen LogP contribution in [0.25, 0.3) is 6.08 Å². The van der Waals surface area contributed by atoms with E-state index in [9.17, 15) is 9.59 Å². The van der Waals surface area contributed by atoms with Crippen LogP contribution < -0.4 is 14.9 Å². The molecule has 0 amide bonds. The molecule has 0 fully saturated rings. The third-order valence-electron chi connectivity index (χ3n) is 5.10. The second-order valence-corrected chi connectivity index (χ2v) is 7.80. The summed E-state index contributed by atoms with van der Waals surface area (Å²) in [7, 11) is 3.19. The summed E-state index contributed by atoms with van der Waals surface area (Å²) < 4.78 is 8.88. The Morgan fingerprint density at radius 2 is 1.97 bits per heavy atom. The van der Waals surface area contributed by atoms with Gasteiger partial charge in [-0.1, -0.05) is 41.7 Å². The maximum Gasteiger partial charge on any atom is 0.338 e. The quantitative estimate of drug-likeness (QED) is 0.615. The molecule has 8 heteroatoms. The Bertz CT molecular complexity index is 1310. The first kappa shape index (κ1) is 19.1. The third-order valence-corrected chi connectivity index (χ3v) is 6.09. The predicted octanol–water partition coefficient (Wildman–Crippen LogP) is 1.45. The molecule has 0 spiro atoms. The average Bonchev–Trinajstić information content (AvgIpc) is 3.20. The highest BCUT2D eigenvalue weighted by molar-refractivity contribution is 7.07. The van der Waals surface area contributed by atoms with Crippen LogP contribution in [0.15, 0.2) is 57.6 Å². The first-order valence-corrected chi connectivity index (χ1v) is 9.88. The number of rotatable bonds is 3. The van der Waals surface area contributed by atoms with Crippen molar-refractivity contribution in [1.29, 1.82) is 0 Å². The topological polar surface area (TPSA) is 78.5 Å². The molecule has 0 aliphatic carbocycles. The van der Waals surface area contributed by atoms with Gasteiger partial charge in [-0.15, -0.1) is 0 Å². The highest BCUT2D eigenvalue weighted by Crippen LogP contribution is 2.30. The molecule has 0 saturated carbocycles. The summed E-state index contributed by atoms with van der Waals surface area (Å²) in [6, 6.07) is 8.87. The molecule has 1 aromatic carbocycles. The zero-order valence-corrected chi connectivity index (χ0v) is 17.4. The first-order valence-electron chi connectivity index (χ1n) is 9.06. The number of thiazole rings is 1. The monoisotopic (exact) mass is 408 g/mol. The van der Waals surface area contributed by atoms with Crippen molar-refractivity contribution in [3.8, 4) is 0 Å². The molecular weight excluding hydrogens is 388 g/mol. The Morgan fingerprint density at radius 1 is 1.24 bits per heavy atom. The van der Waals surface area contributed by atoms with Crippen LogP contribution in [0.1, 0.15) is 29.8 Å². The van der Waals surface area contributed by atoms with Gasteiger partial charge in [-0.3, -0.25) is 14.0 Å². The van der Waals surface area contributed by atoms with Gasteiger partial charge in [-0.2, -0.15) is 5.10 Å². The minimum atomic E-state index is -0.586. The van der Waals surface area contributed by atoms with E-state index in [2.05, 4.69) is 10.1 Å². The molecule has 4 rings (SSSR count). The van der Waals surface area contributed by atoms with Crippen molar-refractivity contribution in [3.05, 3.63) is 84.3 Å². The van der Waals surface area contributed by atoms with Crippen molar-refractivity contribution in [1.82, 2.24) is 14.3 Å². The summed E-state index contributed by atoms with van der Waals surface area (Å²) in [5.41, 5.74) is 3.39. The molecule has 2 aromatic heterocycles. The Balaban J connectivity index is 2.00. The van der Waals surface area contributed by atoms with E-state index in [1.165, 1.54) is 18.4 Å². The molecule has 7 nitrogen and oxygen atoms in total. The number of allylic oxidation sites excluding steroid dienone is 1. The fourth-order valence-corrected chi connectivity index (χ4v) is 4.48. The lowest BCUT2D eigenvalue weighted by Crippen LogP contribution is -2.39. The van der Waals surface area contributed by atoms with Gasteiger partial charge >= 0.3 is 5.97 Å². The normalized spacial score (nSPS) is 16.6. The Hall–Kier alpha value is -3.26. The third kappa shape index (κ3) is 3.15. The maximum atomic E-state index is 13.4. The van der Waals surface area contributed by atoms with E-state index in [1.807, 2.05) is 50.4 Å². The largest absolute Gasteiger partial charge is 0.466 e. The van der Waals surface area contributed by atoms with Crippen molar-refractivity contribution in [2.24, 2.45) is 12.0 Å². The van der Waals surface area contributed by atoms with Crippen molar-refractivity contribution >= 4 is 23.4 Å². The van der Waals surface area contributed by atoms with Gasteiger partial charge in [-0.05, 0) is 25.5 Å². The molecule has 3 aromatic rings. The minimum Gasteiger partial charge on any atom is -0.466 e. The average molecular weight is 408 g/mol. The van der Waals surface area contributed by atoms with Crippen molar-refractivity contribution < 1.29 is 9.53 Å². The van der Waals surface area contributed by atoms with Crippen LogP contribution in [-0.2, 0) is 16.6 Å². The van der Waals surface area contributed by atoms with Gasteiger partial charge in [0.1, 0.15) is 0 Å². The van der Waals surface area contributed by atoms with Crippen molar-refractivity contribution in [3.63, 3.8) is 0 Å². The van der Waals surface area contributed by atoms with Crippen molar-refractivity contribution in [2.75, 3.05) is 7.11 Å². The number of fused-ring (bicyclic) bond motifs is 1. The van der Waals surface area contributed by atoms with Crippen LogP contribution in [0, 0.1) is 6.92 Å². The number of ether oxygens (including phenoxy) is 1. The van der Waals surface area contributed by atoms with Crippen LogP contribution in [0.4, 0.5) is 0 Å². The number of aryl methyl sites for hydroxylation is 1. The number of carbonyl (C=O) groups is 1. The first-order chi connectivity index (χ1) is 13.9. The van der Waals surface area contributed by atoms with Gasteiger partial charge in [-0.25, -0.2) is 9.79 Å². The van der Waals surface area contributed by atoms with E-state index in [4.69, 9.17) is 4.74 Å². The van der Waals surface area contributed by atoms with Gasteiger partial charge in [0.05, 0.1) is 35.2 Å². The highest BCUT2D eigenvalue weighted by atomic mass is 32.1. The molecule has 3 heterocycles. The van der Waals surface area contributed by atoms with Gasteiger partial charge in [0.2, 0.25) is 0 Å². The molecule has 0 N–H and O–H groups in total. The van der Waals surface area contributed by atoms with Crippen molar-refractivity contribution in [2.45, 2.75) is 19.9 Å². The van der Waals surface area contributed by atoms with Gasteiger partial charge in [0.15, 0.2) is 4.80 Å². The molecule has 148 valence electrons. The molecule has 1 aliphatic heterocycles. The van der Waals surface area contributed by atoms with Crippen LogP contribution in [0.5, 0.6) is 0 Å². The number of aromatic nitrogens is 3. The number of benzene rings is 1. The van der Waals surface area contributed by atoms with E-state index in [0.29, 0.717) is 20.6 Å². The van der Waals surface area contributed by atoms with E-state index < -0.39 is 12.0 Å². The van der Waals surface area contributed by atoms with Gasteiger partial charge in [0, 0.05) is 18.3 Å². The fraction of sp³-hybridized carbons (Fsp3) is 0.238. The minimum absolute atomic E-state index is 0.195. The zero-order chi connectivity index (χ0) is 20.7. The smallest absolute Gasteiger partial charge is 0.338 e. The molecule has 0 bridgehead atoms. The number of carbonyl (C=O) groups excluding carboxylic acids is 1. The molecule has 1 aliphatic rings. The van der Waals surface area contributed by atoms with Crippen LogP contribution >= 0.6 is 11.3 Å². The number of hydrogen-bond donors (Lipinski definition) is 0. The summed E-state index contributed by atoms with van der Waals surface area (Å²) >= 11 is 1.30. The molecule has 29 heavy (non-hydrogen) atoms. The van der Waals surface area contributed by atoms with E-state index >= 15 is 0 Å². The molecule has 0 saturated heterocycles. The lowest BCUT2D eigenvalue weighted by atomic mass is 9.96. The Kier molecular flexibility index (Phi) is 4.79. The van der Waals surface area contributed by atoms with Crippen LogP contribution in [0.3, 0.4) is 0 Å². The number of nitrogens with zero attached hydrogens (tertiary/aromatic N) is 4. The number of esters is 1. The Morgan fingerprint density at radius 3 is 2.59 bits per heavy atom. The van der Waals surface area contributed by atoms with E-state index in [1.54, 1.807) is 22.4 Å². The predicted molar refractivity (Wildman–Crippen MR) is 110 cm³/mol. The second-order valence-electron chi connectivity index (χ2n) is 6.79. The van der Waals surface area contributed by atoms with Crippen LogP contribution in [0.2, 0.25) is 0 Å². The van der Waals surface area contributed by atoms with E-state index in [0.717, 1.165) is 16.8 Å². The summed E-state index contributed by atoms with van der Waals surface area (Å²) in [5, 5.41) is 4.23. The number of hydrogen-bond acceptors (Lipinski definition) is 6. The van der Waals surface area contributed by atoms with Gasteiger partial charge < -0.3 is 4.74 Å². The maximum absolute atomic E-state index is 13.4. The standard InChI is InChI=1S/C21H20N4O3S/c1-12-17(20(27)28-4)18(14-8-6-5-7-9-14)25-19(26)16(29-21(25)23-12)10-15-11-22-24(3)13(15)2/h5-11,18H,1-4H3. The lowest BCUT2D eigenvalue weighted by Gasteiger charge is -2.24. The lowest BCUT2D eigenvalue weighted by molar-refractivity contribution is -0.136. The molecule has 1 unspecified atom stereocenters. The SMILES string of the molecule is COC(=O)C1=C(C)N=c2sc(=Cc3cnn(C)c3C)c(=O)n2C1c1ccccc1. The Labute approximate surface area is 170 Å².